The van der Waals surface area contributed by atoms with Crippen molar-refractivity contribution in [2.24, 2.45) is 23.2 Å². The lowest BCUT2D eigenvalue weighted by molar-refractivity contribution is -0.139. The maximum Gasteiger partial charge on any atom is 0.407 e. The number of aromatic nitrogens is 2. The van der Waals surface area contributed by atoms with Crippen LogP contribution in [0, 0.1) is 23.2 Å². The molecule has 210 valence electrons. The second kappa shape index (κ2) is 11.0. The molecule has 0 aliphatic heterocycles. The number of carbonyl (C=O) groups excluding carboxylic acids is 3. The largest absolute Gasteiger partial charge is 0.474 e. The number of carbonyl (C=O) groups is 3. The average Bonchev–Trinajstić information content (AvgIpc) is 3.21. The Morgan fingerprint density at radius 2 is 1.79 bits per heavy atom. The molecule has 4 saturated carbocycles. The van der Waals surface area contributed by atoms with Crippen LogP contribution in [-0.4, -0.2) is 58.5 Å². The summed E-state index contributed by atoms with van der Waals surface area (Å²) < 4.78 is 13.5. The highest BCUT2D eigenvalue weighted by atomic mass is 16.6. The third kappa shape index (κ3) is 5.83. The van der Waals surface area contributed by atoms with E-state index < -0.39 is 11.0 Å². The number of rotatable bonds is 10. The minimum atomic E-state index is -0.758. The van der Waals surface area contributed by atoms with Crippen molar-refractivity contribution < 1.29 is 23.9 Å². The second-order valence-corrected chi connectivity index (χ2v) is 11.9. The smallest absolute Gasteiger partial charge is 0.407 e. The summed E-state index contributed by atoms with van der Waals surface area (Å²) in [5.41, 5.74) is -0.817. The normalized spacial score (nSPS) is 28.0. The number of alkyl carbamates (subject to hydrolysis) is 1. The lowest BCUT2D eigenvalue weighted by Gasteiger charge is -2.59. The molecule has 38 heavy (non-hydrogen) atoms. The highest BCUT2D eigenvalue weighted by Crippen LogP contribution is 2.57. The molecule has 0 aromatic carbocycles. The summed E-state index contributed by atoms with van der Waals surface area (Å²) in [7, 11) is 0. The van der Waals surface area contributed by atoms with E-state index in [2.05, 4.69) is 21.0 Å². The fraction of sp³-hybridized carbons (Fsp3) is 0.714. The summed E-state index contributed by atoms with van der Waals surface area (Å²) in [5, 5.41) is 13.3. The molecule has 0 spiro atoms. The van der Waals surface area contributed by atoms with Gasteiger partial charge in [0.15, 0.2) is 0 Å². The van der Waals surface area contributed by atoms with Gasteiger partial charge in [0.05, 0.1) is 17.7 Å². The predicted molar refractivity (Wildman–Crippen MR) is 143 cm³/mol. The Morgan fingerprint density at radius 3 is 2.39 bits per heavy atom. The van der Waals surface area contributed by atoms with Gasteiger partial charge in [0.25, 0.3) is 5.91 Å². The van der Waals surface area contributed by atoms with Gasteiger partial charge in [0.2, 0.25) is 11.8 Å². The van der Waals surface area contributed by atoms with Gasteiger partial charge in [0, 0.05) is 25.3 Å². The minimum Gasteiger partial charge on any atom is -0.474 e. The number of ether oxygens (including phenoxy) is 2. The summed E-state index contributed by atoms with van der Waals surface area (Å²) in [6.07, 6.45) is 8.96. The number of amides is 3. The molecule has 10 nitrogen and oxygen atoms in total. The van der Waals surface area contributed by atoms with Crippen LogP contribution in [0.15, 0.2) is 12.3 Å². The van der Waals surface area contributed by atoms with Crippen LogP contribution in [-0.2, 0) is 9.53 Å². The lowest BCUT2D eigenvalue weighted by atomic mass is 9.52. The van der Waals surface area contributed by atoms with Crippen molar-refractivity contribution >= 4 is 24.1 Å². The van der Waals surface area contributed by atoms with Crippen LogP contribution in [0.4, 0.5) is 4.79 Å². The van der Waals surface area contributed by atoms with Gasteiger partial charge in [-0.2, -0.15) is 5.10 Å². The van der Waals surface area contributed by atoms with Gasteiger partial charge in [-0.05, 0) is 91.4 Å². The molecular weight excluding hydrogens is 486 g/mol. The van der Waals surface area contributed by atoms with E-state index in [1.165, 1.54) is 10.9 Å². The van der Waals surface area contributed by atoms with Gasteiger partial charge in [-0.15, -0.1) is 0 Å². The number of nitrogens with one attached hydrogen (secondary N) is 3. The summed E-state index contributed by atoms with van der Waals surface area (Å²) >= 11 is 0. The molecular formula is C28H43N5O5. The Bertz CT molecular complexity index is 1060. The van der Waals surface area contributed by atoms with E-state index >= 15 is 0 Å². The lowest BCUT2D eigenvalue weighted by Crippen LogP contribution is -2.63. The first kappa shape index (κ1) is 28.0. The quantitative estimate of drug-likeness (QED) is 0.424. The molecule has 1 aromatic rings. The van der Waals surface area contributed by atoms with Gasteiger partial charge in [0.1, 0.15) is 11.2 Å². The summed E-state index contributed by atoms with van der Waals surface area (Å²) in [6, 6.07) is 0.0208. The molecule has 4 aliphatic carbocycles. The maximum absolute atomic E-state index is 13.6. The van der Waals surface area contributed by atoms with Gasteiger partial charge in [-0.3, -0.25) is 9.59 Å². The molecule has 3 amide bonds. The molecule has 0 saturated heterocycles. The average molecular weight is 530 g/mol. The van der Waals surface area contributed by atoms with Crippen molar-refractivity contribution in [2.75, 3.05) is 13.1 Å². The molecule has 5 rings (SSSR count). The molecule has 10 heteroatoms. The first-order valence-corrected chi connectivity index (χ1v) is 14.0. The molecule has 4 fully saturated rings. The standard InChI is InChI=1S/C28H43N5O5/c1-7-29-25(35)27(5,6)9-10-33-24(37-17(3)4)21(16-31-33)23(34)32-22-19-11-18-12-20(22)15-28(13-18,14-19)38-26(36)30-8-2/h9-10,16-20,22H,7-8,11-15H2,1-6H3,(H,29,35)(H,30,36)(H,32,34)/b10-9+. The van der Waals surface area contributed by atoms with Gasteiger partial charge in [-0.25, -0.2) is 9.48 Å². The third-order valence-corrected chi connectivity index (χ3v) is 8.04. The van der Waals surface area contributed by atoms with E-state index in [0.717, 1.165) is 32.1 Å². The first-order valence-electron chi connectivity index (χ1n) is 14.0. The van der Waals surface area contributed by atoms with Crippen molar-refractivity contribution in [3.05, 3.63) is 17.8 Å². The Morgan fingerprint density at radius 1 is 1.13 bits per heavy atom. The van der Waals surface area contributed by atoms with Crippen LogP contribution in [0.25, 0.3) is 6.20 Å². The van der Waals surface area contributed by atoms with Gasteiger partial charge in [-0.1, -0.05) is 6.08 Å². The van der Waals surface area contributed by atoms with Gasteiger partial charge >= 0.3 is 6.09 Å². The molecule has 1 heterocycles. The fourth-order valence-corrected chi connectivity index (χ4v) is 6.59. The fourth-order valence-electron chi connectivity index (χ4n) is 6.59. The first-order chi connectivity index (χ1) is 18.0. The van der Waals surface area contributed by atoms with Crippen LogP contribution in [0.3, 0.4) is 0 Å². The highest BCUT2D eigenvalue weighted by Gasteiger charge is 2.57. The van der Waals surface area contributed by atoms with Crippen molar-refractivity contribution in [2.45, 2.75) is 91.4 Å². The molecule has 3 N–H and O–H groups in total. The summed E-state index contributed by atoms with van der Waals surface area (Å²) in [6.45, 7) is 12.3. The maximum atomic E-state index is 13.6. The van der Waals surface area contributed by atoms with E-state index in [4.69, 9.17) is 9.47 Å². The third-order valence-electron chi connectivity index (χ3n) is 8.04. The zero-order chi connectivity index (χ0) is 27.7. The molecule has 2 atom stereocenters. The number of nitrogens with zero attached hydrogens (tertiary/aromatic N) is 2. The Labute approximate surface area is 225 Å². The molecule has 4 aliphatic rings. The Kier molecular flexibility index (Phi) is 8.09. The van der Waals surface area contributed by atoms with E-state index in [0.29, 0.717) is 30.5 Å². The number of hydrogen-bond acceptors (Lipinski definition) is 6. The van der Waals surface area contributed by atoms with Crippen LogP contribution in [0.1, 0.15) is 84.0 Å². The monoisotopic (exact) mass is 529 g/mol. The highest BCUT2D eigenvalue weighted by molar-refractivity contribution is 5.96. The molecule has 0 radical (unpaired) electrons. The van der Waals surface area contributed by atoms with Crippen LogP contribution in [0.5, 0.6) is 5.88 Å². The van der Waals surface area contributed by atoms with Crippen LogP contribution in [0.2, 0.25) is 0 Å². The summed E-state index contributed by atoms with van der Waals surface area (Å²) in [4.78, 5) is 38.2. The van der Waals surface area contributed by atoms with Crippen molar-refractivity contribution in [1.29, 1.82) is 0 Å². The van der Waals surface area contributed by atoms with E-state index in [1.807, 2.05) is 41.5 Å². The van der Waals surface area contributed by atoms with Crippen LogP contribution >= 0.6 is 0 Å². The van der Waals surface area contributed by atoms with E-state index in [9.17, 15) is 14.4 Å². The zero-order valence-corrected chi connectivity index (χ0v) is 23.5. The second-order valence-electron chi connectivity index (χ2n) is 11.9. The Hall–Kier alpha value is -3.04. The SMILES string of the molecule is CCNC(=O)OC12CC3CC(C1)C(NC(=O)c1cnn(/C=C/C(C)(C)C(=O)NCC)c1OC(C)C)C(C3)C2. The molecule has 1 aromatic heterocycles. The van der Waals surface area contributed by atoms with Crippen LogP contribution < -0.4 is 20.7 Å². The number of hydrogen-bond donors (Lipinski definition) is 3. The van der Waals surface area contributed by atoms with Gasteiger partial charge < -0.3 is 25.4 Å². The van der Waals surface area contributed by atoms with E-state index in [1.54, 1.807) is 12.3 Å². The predicted octanol–water partition coefficient (Wildman–Crippen LogP) is 3.73. The zero-order valence-electron chi connectivity index (χ0n) is 23.5. The van der Waals surface area contributed by atoms with Crippen molar-refractivity contribution in [3.63, 3.8) is 0 Å². The molecule has 2 unspecified atom stereocenters. The molecule has 4 bridgehead atoms. The summed E-state index contributed by atoms with van der Waals surface area (Å²) in [5.74, 6) is 1.09. The van der Waals surface area contributed by atoms with Crippen molar-refractivity contribution in [1.82, 2.24) is 25.7 Å². The minimum absolute atomic E-state index is 0.0208. The Balaban J connectivity index is 1.50. The topological polar surface area (TPSA) is 124 Å². The van der Waals surface area contributed by atoms with Crippen molar-refractivity contribution in [3.8, 4) is 5.88 Å². The van der Waals surface area contributed by atoms with E-state index in [-0.39, 0.29) is 41.9 Å².